The van der Waals surface area contributed by atoms with E-state index in [0.717, 1.165) is 32.1 Å². The predicted octanol–water partition coefficient (Wildman–Crippen LogP) is 3.46. The summed E-state index contributed by atoms with van der Waals surface area (Å²) in [4.78, 5) is 13.0. The molecule has 3 aromatic heterocycles. The maximum absolute atomic E-state index is 5.16. The van der Waals surface area contributed by atoms with Crippen LogP contribution in [0.25, 0.3) is 21.9 Å². The zero-order valence-electron chi connectivity index (χ0n) is 8.90. The van der Waals surface area contributed by atoms with E-state index in [2.05, 4.69) is 30.9 Å². The molecule has 3 rings (SSSR count). The van der Waals surface area contributed by atoms with Crippen LogP contribution in [0.4, 0.5) is 0 Å². The molecule has 3 heterocycles. The first kappa shape index (κ1) is 10.7. The van der Waals surface area contributed by atoms with Crippen molar-refractivity contribution in [3.05, 3.63) is 28.2 Å². The highest BCUT2D eigenvalue weighted by Gasteiger charge is 2.09. The van der Waals surface area contributed by atoms with Gasteiger partial charge in [-0.15, -0.1) is 11.3 Å². The smallest absolute Gasteiger partial charge is 0.178 e. The van der Waals surface area contributed by atoms with Crippen molar-refractivity contribution in [1.82, 2.24) is 15.0 Å². The summed E-state index contributed by atoms with van der Waals surface area (Å²) in [7, 11) is 1.66. The van der Waals surface area contributed by atoms with Crippen molar-refractivity contribution in [3.63, 3.8) is 0 Å². The number of aromatic amines is 1. The van der Waals surface area contributed by atoms with Crippen molar-refractivity contribution in [3.8, 4) is 16.5 Å². The minimum absolute atomic E-state index is 0.718. The maximum Gasteiger partial charge on any atom is 0.178 e. The topological polar surface area (TPSA) is 50.8 Å². The molecule has 0 aliphatic carbocycles. The van der Waals surface area contributed by atoms with E-state index in [0.29, 0.717) is 0 Å². The zero-order chi connectivity index (χ0) is 11.8. The van der Waals surface area contributed by atoms with E-state index in [1.54, 1.807) is 24.6 Å². The van der Waals surface area contributed by atoms with Crippen molar-refractivity contribution in [1.29, 1.82) is 0 Å². The average Bonchev–Trinajstić information content (AvgIpc) is 2.93. The van der Waals surface area contributed by atoms with Gasteiger partial charge in [0.05, 0.1) is 17.5 Å². The molecule has 0 saturated heterocycles. The molecule has 0 aromatic carbocycles. The molecule has 1 N–H and O–H groups in total. The molecule has 17 heavy (non-hydrogen) atoms. The first-order chi connectivity index (χ1) is 8.26. The van der Waals surface area contributed by atoms with E-state index in [1.165, 1.54) is 0 Å². The van der Waals surface area contributed by atoms with E-state index in [9.17, 15) is 0 Å². The van der Waals surface area contributed by atoms with Crippen molar-refractivity contribution >= 4 is 38.4 Å². The van der Waals surface area contributed by atoms with Gasteiger partial charge in [0.25, 0.3) is 0 Å². The quantitative estimate of drug-likeness (QED) is 0.788. The molecule has 0 atom stereocenters. The van der Waals surface area contributed by atoms with Crippen LogP contribution in [0.5, 0.6) is 5.75 Å². The van der Waals surface area contributed by atoms with Gasteiger partial charge in [0, 0.05) is 22.1 Å². The molecule has 0 aliphatic rings. The number of rotatable bonds is 2. The van der Waals surface area contributed by atoms with Crippen LogP contribution in [0.2, 0.25) is 0 Å². The lowest BCUT2D eigenvalue weighted by Gasteiger charge is -1.89. The van der Waals surface area contributed by atoms with Gasteiger partial charge < -0.3 is 9.72 Å². The molecule has 0 fully saturated rings. The monoisotopic (exact) mass is 309 g/mol. The summed E-state index contributed by atoms with van der Waals surface area (Å²) >= 11 is 4.97. The Morgan fingerprint density at radius 3 is 3.06 bits per heavy atom. The number of halogens is 1. The number of methoxy groups -OCH3 is 1. The summed E-state index contributed by atoms with van der Waals surface area (Å²) in [6.07, 6.45) is 1.74. The zero-order valence-corrected chi connectivity index (χ0v) is 11.3. The summed E-state index contributed by atoms with van der Waals surface area (Å²) in [5.74, 6) is 1.67. The van der Waals surface area contributed by atoms with Gasteiger partial charge in [-0.05, 0) is 22.0 Å². The fraction of sp³-hybridized carbons (Fsp3) is 0.0909. The Labute approximate surface area is 110 Å². The molecule has 0 bridgehead atoms. The van der Waals surface area contributed by atoms with Gasteiger partial charge in [-0.3, -0.25) is 0 Å². The highest BCUT2D eigenvalue weighted by Crippen LogP contribution is 2.30. The molecule has 0 spiro atoms. The number of hydrogen-bond donors (Lipinski definition) is 1. The minimum Gasteiger partial charge on any atom is -0.496 e. The van der Waals surface area contributed by atoms with Crippen LogP contribution < -0.4 is 4.74 Å². The third-order valence-electron chi connectivity index (χ3n) is 2.35. The van der Waals surface area contributed by atoms with Gasteiger partial charge in [0.1, 0.15) is 5.75 Å². The lowest BCUT2D eigenvalue weighted by Crippen LogP contribution is -1.77. The molecule has 86 valence electrons. The predicted molar refractivity (Wildman–Crippen MR) is 71.5 cm³/mol. The molecule has 0 saturated carbocycles. The molecule has 0 radical (unpaired) electrons. The normalized spacial score (nSPS) is 10.9. The molecular weight excluding hydrogens is 302 g/mol. The fourth-order valence-corrected chi connectivity index (χ4v) is 2.67. The summed E-state index contributed by atoms with van der Waals surface area (Å²) in [5.41, 5.74) is 1.64. The van der Waals surface area contributed by atoms with Gasteiger partial charge in [-0.1, -0.05) is 0 Å². The highest BCUT2D eigenvalue weighted by molar-refractivity contribution is 9.10. The van der Waals surface area contributed by atoms with Crippen LogP contribution in [0, 0.1) is 0 Å². The highest BCUT2D eigenvalue weighted by atomic mass is 79.9. The second-order valence-corrected chi connectivity index (χ2v) is 5.29. The standard InChI is InChI=1S/C11H8BrN3OS/c1-16-7-3-9(17-5-7)11-14-8-2-6(12)4-13-10(8)15-11/h2-5H,1H3,(H,13,14,15). The Kier molecular flexibility index (Phi) is 2.60. The molecule has 4 nitrogen and oxygen atoms in total. The van der Waals surface area contributed by atoms with E-state index in [4.69, 9.17) is 4.74 Å². The number of aromatic nitrogens is 3. The van der Waals surface area contributed by atoms with Crippen LogP contribution in [0.15, 0.2) is 28.2 Å². The van der Waals surface area contributed by atoms with Crippen molar-refractivity contribution in [2.24, 2.45) is 0 Å². The lowest BCUT2D eigenvalue weighted by atomic mass is 10.4. The van der Waals surface area contributed by atoms with Gasteiger partial charge in [0.15, 0.2) is 11.5 Å². The number of hydrogen-bond acceptors (Lipinski definition) is 4. The van der Waals surface area contributed by atoms with Gasteiger partial charge in [0.2, 0.25) is 0 Å². The van der Waals surface area contributed by atoms with Crippen LogP contribution in [0.1, 0.15) is 0 Å². The third-order valence-corrected chi connectivity index (χ3v) is 3.70. The fourth-order valence-electron chi connectivity index (χ4n) is 1.54. The van der Waals surface area contributed by atoms with Gasteiger partial charge in [-0.25, -0.2) is 9.97 Å². The largest absolute Gasteiger partial charge is 0.496 e. The van der Waals surface area contributed by atoms with Crippen LogP contribution in [-0.4, -0.2) is 22.1 Å². The minimum atomic E-state index is 0.718. The molecular formula is C11H8BrN3OS. The number of imidazole rings is 1. The van der Waals surface area contributed by atoms with Gasteiger partial charge in [-0.2, -0.15) is 0 Å². The molecule has 3 aromatic rings. The number of nitrogens with one attached hydrogen (secondary N) is 1. The number of pyridine rings is 1. The number of thiophene rings is 1. The average molecular weight is 310 g/mol. The van der Waals surface area contributed by atoms with E-state index in [-0.39, 0.29) is 0 Å². The third kappa shape index (κ3) is 1.94. The van der Waals surface area contributed by atoms with E-state index < -0.39 is 0 Å². The number of nitrogens with zero attached hydrogens (tertiary/aromatic N) is 2. The van der Waals surface area contributed by atoms with E-state index in [1.807, 2.05) is 17.5 Å². The second-order valence-electron chi connectivity index (χ2n) is 3.46. The molecule has 6 heteroatoms. The first-order valence-corrected chi connectivity index (χ1v) is 6.57. The summed E-state index contributed by atoms with van der Waals surface area (Å²) in [6.45, 7) is 0. The van der Waals surface area contributed by atoms with Crippen molar-refractivity contribution < 1.29 is 4.74 Å². The Hall–Kier alpha value is -1.40. The second kappa shape index (κ2) is 4.12. The lowest BCUT2D eigenvalue weighted by molar-refractivity contribution is 0.417. The number of H-pyrrole nitrogens is 1. The summed E-state index contributed by atoms with van der Waals surface area (Å²) in [5, 5.41) is 1.95. The summed E-state index contributed by atoms with van der Waals surface area (Å²) < 4.78 is 6.09. The Balaban J connectivity index is 2.11. The Morgan fingerprint density at radius 1 is 1.41 bits per heavy atom. The molecule has 0 unspecified atom stereocenters. The Bertz CT molecular complexity index is 676. The van der Waals surface area contributed by atoms with E-state index >= 15 is 0 Å². The first-order valence-electron chi connectivity index (χ1n) is 4.90. The van der Waals surface area contributed by atoms with Crippen LogP contribution >= 0.6 is 27.3 Å². The van der Waals surface area contributed by atoms with Crippen molar-refractivity contribution in [2.75, 3.05) is 7.11 Å². The molecule has 0 amide bonds. The Morgan fingerprint density at radius 2 is 2.29 bits per heavy atom. The molecule has 0 aliphatic heterocycles. The SMILES string of the molecule is COc1csc(-c2nc3ncc(Br)cc3[nH]2)c1. The van der Waals surface area contributed by atoms with Gasteiger partial charge >= 0.3 is 0 Å². The van der Waals surface area contributed by atoms with Crippen molar-refractivity contribution in [2.45, 2.75) is 0 Å². The number of fused-ring (bicyclic) bond motifs is 1. The van der Waals surface area contributed by atoms with Crippen LogP contribution in [-0.2, 0) is 0 Å². The maximum atomic E-state index is 5.16. The summed E-state index contributed by atoms with van der Waals surface area (Å²) in [6, 6.07) is 3.92. The number of ether oxygens (including phenoxy) is 1. The van der Waals surface area contributed by atoms with Crippen LogP contribution in [0.3, 0.4) is 0 Å².